The molecule has 5 heteroatoms. The van der Waals surface area contributed by atoms with Gasteiger partial charge in [-0.1, -0.05) is 42.0 Å². The molecule has 0 radical (unpaired) electrons. The number of hydrogen-bond acceptors (Lipinski definition) is 4. The van der Waals surface area contributed by atoms with Crippen molar-refractivity contribution >= 4 is 28.3 Å². The highest BCUT2D eigenvalue weighted by Gasteiger charge is 2.43. The molecule has 1 aliphatic rings. The number of carbonyl (C=O) groups excluding carboxylic acids is 2. The monoisotopic (exact) mass is 409 g/mol. The maximum atomic E-state index is 13.5. The van der Waals surface area contributed by atoms with Crippen LogP contribution >= 0.6 is 0 Å². The molecule has 1 amide bonds. The fourth-order valence-electron chi connectivity index (χ4n) is 4.16. The van der Waals surface area contributed by atoms with Crippen LogP contribution in [-0.4, -0.2) is 11.7 Å². The third kappa shape index (κ3) is 2.97. The van der Waals surface area contributed by atoms with Gasteiger partial charge in [-0.25, -0.2) is 0 Å². The summed E-state index contributed by atoms with van der Waals surface area (Å²) in [6.45, 7) is 3.41. The third-order valence-corrected chi connectivity index (χ3v) is 5.69. The molecule has 4 aromatic rings. The van der Waals surface area contributed by atoms with Crippen LogP contribution in [0.2, 0.25) is 0 Å². The van der Waals surface area contributed by atoms with Crippen LogP contribution in [0, 0.1) is 6.92 Å². The molecule has 1 unspecified atom stereocenters. The van der Waals surface area contributed by atoms with Crippen LogP contribution in [0.5, 0.6) is 0 Å². The Morgan fingerprint density at radius 3 is 2.32 bits per heavy atom. The fourth-order valence-corrected chi connectivity index (χ4v) is 4.16. The zero-order valence-corrected chi connectivity index (χ0v) is 17.1. The number of amides is 1. The van der Waals surface area contributed by atoms with Gasteiger partial charge in [-0.15, -0.1) is 0 Å². The Labute approximate surface area is 178 Å². The number of fused-ring (bicyclic) bond motifs is 2. The molecule has 0 N–H and O–H groups in total. The minimum absolute atomic E-state index is 0.0549. The summed E-state index contributed by atoms with van der Waals surface area (Å²) < 4.78 is 5.97. The first-order valence-electron chi connectivity index (χ1n) is 10.0. The summed E-state index contributed by atoms with van der Waals surface area (Å²) in [5, 5.41) is 0.459. The predicted molar refractivity (Wildman–Crippen MR) is 119 cm³/mol. The minimum atomic E-state index is -0.618. The van der Waals surface area contributed by atoms with Gasteiger partial charge in [0.25, 0.3) is 5.91 Å². The fraction of sp³-hybridized carbons (Fsp3) is 0.115. The Balaban J connectivity index is 1.77. The Hall–Kier alpha value is -3.99. The van der Waals surface area contributed by atoms with E-state index in [0.717, 1.165) is 11.1 Å². The number of anilines is 1. The Kier molecular flexibility index (Phi) is 4.33. The molecule has 5 rings (SSSR count). The zero-order chi connectivity index (χ0) is 21.7. The van der Waals surface area contributed by atoms with Gasteiger partial charge in [-0.05, 0) is 55.8 Å². The van der Waals surface area contributed by atoms with Crippen LogP contribution in [0.4, 0.5) is 5.69 Å². The van der Waals surface area contributed by atoms with Crippen molar-refractivity contribution in [2.75, 3.05) is 4.90 Å². The summed E-state index contributed by atoms with van der Waals surface area (Å²) in [4.78, 5) is 40.3. The van der Waals surface area contributed by atoms with Gasteiger partial charge in [0.05, 0.1) is 17.0 Å². The van der Waals surface area contributed by atoms with Gasteiger partial charge in [-0.3, -0.25) is 19.3 Å². The first-order valence-corrected chi connectivity index (χ1v) is 10.0. The molecule has 2 heterocycles. The van der Waals surface area contributed by atoms with Crippen molar-refractivity contribution < 1.29 is 14.0 Å². The normalized spacial score (nSPS) is 15.4. The van der Waals surface area contributed by atoms with Crippen LogP contribution in [-0.2, 0) is 0 Å². The van der Waals surface area contributed by atoms with E-state index in [1.807, 2.05) is 43.3 Å². The van der Waals surface area contributed by atoms with E-state index in [1.165, 1.54) is 6.92 Å². The topological polar surface area (TPSA) is 67.6 Å². The number of Topliss-reactive ketones (excluding diaryl/α,β-unsaturated/α-hetero) is 1. The summed E-state index contributed by atoms with van der Waals surface area (Å²) in [6.07, 6.45) is 0. The smallest absolute Gasteiger partial charge is 0.295 e. The first-order chi connectivity index (χ1) is 15.0. The maximum Gasteiger partial charge on any atom is 0.295 e. The molecular weight excluding hydrogens is 390 g/mol. The van der Waals surface area contributed by atoms with Crippen molar-refractivity contribution in [2.24, 2.45) is 0 Å². The number of benzene rings is 3. The highest BCUT2D eigenvalue weighted by molar-refractivity contribution is 6.11. The van der Waals surface area contributed by atoms with Crippen molar-refractivity contribution in [1.29, 1.82) is 0 Å². The Morgan fingerprint density at radius 2 is 1.65 bits per heavy atom. The average molecular weight is 409 g/mol. The van der Waals surface area contributed by atoms with Crippen molar-refractivity contribution in [3.63, 3.8) is 0 Å². The lowest BCUT2D eigenvalue weighted by Crippen LogP contribution is -2.29. The van der Waals surface area contributed by atoms with Gasteiger partial charge in [0.2, 0.25) is 5.76 Å². The second-order valence-corrected chi connectivity index (χ2v) is 7.77. The summed E-state index contributed by atoms with van der Waals surface area (Å²) >= 11 is 0. The second-order valence-electron chi connectivity index (χ2n) is 7.77. The standard InChI is InChI=1S/C26H19NO4/c1-15-8-13-21-20(14-15)24(29)22-23(18-6-4-3-5-7-18)27(26(30)25(22)31-21)19-11-9-17(10-12-19)16(2)28/h3-14,23H,1-2H3. The number of ketones is 1. The number of hydrogen-bond donors (Lipinski definition) is 0. The average Bonchev–Trinajstić information content (AvgIpc) is 3.07. The number of carbonyl (C=O) groups is 2. The Morgan fingerprint density at radius 1 is 0.935 bits per heavy atom. The van der Waals surface area contributed by atoms with Gasteiger partial charge >= 0.3 is 0 Å². The molecule has 0 aliphatic carbocycles. The highest BCUT2D eigenvalue weighted by atomic mass is 16.3. The first kappa shape index (κ1) is 19.0. The van der Waals surface area contributed by atoms with E-state index in [-0.39, 0.29) is 22.9 Å². The largest absolute Gasteiger partial charge is 0.450 e. The number of aryl methyl sites for hydroxylation is 1. The lowest BCUT2D eigenvalue weighted by atomic mass is 9.98. The van der Waals surface area contributed by atoms with E-state index in [4.69, 9.17) is 4.42 Å². The lowest BCUT2D eigenvalue weighted by molar-refractivity contribution is 0.0970. The summed E-state index contributed by atoms with van der Waals surface area (Å²) in [6, 6.07) is 21.0. The van der Waals surface area contributed by atoms with E-state index >= 15 is 0 Å². The molecular formula is C26H19NO4. The third-order valence-electron chi connectivity index (χ3n) is 5.69. The van der Waals surface area contributed by atoms with Gasteiger partial charge in [-0.2, -0.15) is 0 Å². The van der Waals surface area contributed by atoms with Crippen LogP contribution in [0.3, 0.4) is 0 Å². The minimum Gasteiger partial charge on any atom is -0.450 e. The molecule has 1 aliphatic heterocycles. The molecule has 0 bridgehead atoms. The molecule has 0 fully saturated rings. The molecule has 152 valence electrons. The number of rotatable bonds is 3. The molecule has 1 atom stereocenters. The zero-order valence-electron chi connectivity index (χ0n) is 17.1. The molecule has 5 nitrogen and oxygen atoms in total. The van der Waals surface area contributed by atoms with Crippen molar-refractivity contribution in [1.82, 2.24) is 0 Å². The van der Waals surface area contributed by atoms with Crippen molar-refractivity contribution in [3.8, 4) is 0 Å². The Bertz CT molecular complexity index is 1400. The van der Waals surface area contributed by atoms with Gasteiger partial charge in [0.1, 0.15) is 5.58 Å². The van der Waals surface area contributed by atoms with E-state index < -0.39 is 6.04 Å². The molecule has 0 saturated heterocycles. The van der Waals surface area contributed by atoms with Crippen molar-refractivity contribution in [3.05, 3.63) is 111 Å². The quantitative estimate of drug-likeness (QED) is 0.444. The molecule has 0 saturated carbocycles. The van der Waals surface area contributed by atoms with Crippen LogP contribution in [0.1, 0.15) is 50.6 Å². The van der Waals surface area contributed by atoms with E-state index in [1.54, 1.807) is 41.3 Å². The van der Waals surface area contributed by atoms with E-state index in [0.29, 0.717) is 27.8 Å². The van der Waals surface area contributed by atoms with Crippen LogP contribution in [0.25, 0.3) is 11.0 Å². The number of nitrogens with zero attached hydrogens (tertiary/aromatic N) is 1. The van der Waals surface area contributed by atoms with Gasteiger partial charge < -0.3 is 4.42 Å². The summed E-state index contributed by atoms with van der Waals surface area (Å²) in [7, 11) is 0. The molecule has 3 aromatic carbocycles. The summed E-state index contributed by atoms with van der Waals surface area (Å²) in [5.41, 5.74) is 3.43. The van der Waals surface area contributed by atoms with Crippen LogP contribution in [0.15, 0.2) is 82.0 Å². The lowest BCUT2D eigenvalue weighted by Gasteiger charge is -2.25. The van der Waals surface area contributed by atoms with E-state index in [9.17, 15) is 14.4 Å². The van der Waals surface area contributed by atoms with Gasteiger partial charge in [0.15, 0.2) is 11.2 Å². The van der Waals surface area contributed by atoms with Crippen LogP contribution < -0.4 is 10.3 Å². The summed E-state index contributed by atoms with van der Waals surface area (Å²) in [5.74, 6) is -0.370. The maximum absolute atomic E-state index is 13.5. The predicted octanol–water partition coefficient (Wildman–Crippen LogP) is 5.05. The van der Waals surface area contributed by atoms with E-state index in [2.05, 4.69) is 0 Å². The second kappa shape index (κ2) is 7.06. The molecule has 1 aromatic heterocycles. The molecule has 0 spiro atoms. The SMILES string of the molecule is CC(=O)c1ccc(N2C(=O)c3oc4ccc(C)cc4c(=O)c3C2c2ccccc2)cc1. The molecule has 31 heavy (non-hydrogen) atoms. The van der Waals surface area contributed by atoms with Crippen molar-refractivity contribution in [2.45, 2.75) is 19.9 Å². The highest BCUT2D eigenvalue weighted by Crippen LogP contribution is 2.41. The van der Waals surface area contributed by atoms with Gasteiger partial charge in [0, 0.05) is 11.3 Å².